The zero-order valence-corrected chi connectivity index (χ0v) is 23.3. The number of nitrogens with zero attached hydrogens (tertiary/aromatic N) is 3. The van der Waals surface area contributed by atoms with Gasteiger partial charge in [0.15, 0.2) is 11.5 Å². The number of sulfonamides is 1. The molecule has 1 amide bonds. The predicted octanol–water partition coefficient (Wildman–Crippen LogP) is 2.63. The van der Waals surface area contributed by atoms with E-state index in [2.05, 4.69) is 14.7 Å². The van der Waals surface area contributed by atoms with Gasteiger partial charge in [0.1, 0.15) is 23.0 Å². The number of hydrogen-bond donors (Lipinski definition) is 2. The fourth-order valence-electron chi connectivity index (χ4n) is 4.66. The van der Waals surface area contributed by atoms with Gasteiger partial charge in [0.05, 0.1) is 26.0 Å². The maximum absolute atomic E-state index is 13.8. The molecule has 0 unspecified atom stereocenters. The first-order valence-corrected chi connectivity index (χ1v) is 14.3. The van der Waals surface area contributed by atoms with E-state index >= 15 is 0 Å². The third-order valence-corrected chi connectivity index (χ3v) is 7.09. The lowest BCUT2D eigenvalue weighted by Gasteiger charge is -2.22. The van der Waals surface area contributed by atoms with Gasteiger partial charge in [0, 0.05) is 23.5 Å². The van der Waals surface area contributed by atoms with Gasteiger partial charge in [-0.05, 0) is 44.5 Å². The van der Waals surface area contributed by atoms with Gasteiger partial charge in [-0.3, -0.25) is 4.79 Å². The van der Waals surface area contributed by atoms with Crippen LogP contribution in [0.25, 0.3) is 22.4 Å². The van der Waals surface area contributed by atoms with E-state index in [1.807, 2.05) is 0 Å². The van der Waals surface area contributed by atoms with E-state index in [1.165, 1.54) is 32.2 Å². The van der Waals surface area contributed by atoms with Crippen LogP contribution in [0.4, 0.5) is 13.2 Å². The summed E-state index contributed by atoms with van der Waals surface area (Å²) in [6.07, 6.45) is -3.78. The van der Waals surface area contributed by atoms with E-state index in [9.17, 15) is 31.2 Å². The summed E-state index contributed by atoms with van der Waals surface area (Å²) in [5.74, 6) is -1.59. The summed E-state index contributed by atoms with van der Waals surface area (Å²) < 4.78 is 82.3. The Balaban J connectivity index is 1.80. The summed E-state index contributed by atoms with van der Waals surface area (Å²) in [4.78, 5) is 35.7. The molecule has 1 aromatic carbocycles. The van der Waals surface area contributed by atoms with Crippen LogP contribution in [-0.4, -0.2) is 73.8 Å². The topological polar surface area (TPSA) is 167 Å². The van der Waals surface area contributed by atoms with Crippen molar-refractivity contribution in [2.24, 2.45) is 5.73 Å². The number of rotatable bonds is 8. The number of pyridine rings is 1. The first kappa shape index (κ1) is 30.2. The summed E-state index contributed by atoms with van der Waals surface area (Å²) in [5.41, 5.74) is 4.81. The number of amides is 1. The van der Waals surface area contributed by atoms with Crippen molar-refractivity contribution in [1.82, 2.24) is 19.6 Å². The van der Waals surface area contributed by atoms with Crippen LogP contribution in [0.5, 0.6) is 5.75 Å². The molecule has 4 rings (SSSR count). The van der Waals surface area contributed by atoms with E-state index < -0.39 is 51.9 Å². The first-order valence-electron chi connectivity index (χ1n) is 12.4. The molecule has 1 aliphatic heterocycles. The number of benzene rings is 1. The second-order valence-corrected chi connectivity index (χ2v) is 11.3. The third-order valence-electron chi connectivity index (χ3n) is 6.33. The number of fused-ring (bicyclic) bond motifs is 1. The number of carbonyl (C=O) groups is 2. The minimum atomic E-state index is -4.70. The molecule has 16 heteroatoms. The molecule has 1 saturated heterocycles. The number of nitrogens with one attached hydrogen (secondary N) is 1. The van der Waals surface area contributed by atoms with Crippen molar-refractivity contribution in [2.45, 2.75) is 44.6 Å². The summed E-state index contributed by atoms with van der Waals surface area (Å²) >= 11 is 0. The number of alkyl halides is 3. The Bertz CT molecular complexity index is 1590. The van der Waals surface area contributed by atoms with E-state index in [0.29, 0.717) is 0 Å². The highest BCUT2D eigenvalue weighted by molar-refractivity contribution is 7.88. The van der Waals surface area contributed by atoms with Gasteiger partial charge in [0.2, 0.25) is 15.9 Å². The van der Waals surface area contributed by atoms with Gasteiger partial charge in [-0.25, -0.2) is 27.9 Å². The minimum absolute atomic E-state index is 0.0355. The normalized spacial score (nSPS) is 18.5. The lowest BCUT2D eigenvalue weighted by atomic mass is 10.1. The highest BCUT2D eigenvalue weighted by Gasteiger charge is 2.43. The second-order valence-electron chi connectivity index (χ2n) is 9.47. The molecule has 0 saturated carbocycles. The standard InChI is InChI=1S/C25H28F3N5O7S/c1-5-39-24(35)16-10-13(32-41(4,36)37)11-33(16)23(34)20-21(12(2)29)40-22(31-20)15-6-8-17(38-3)19-14(15)7-9-18(30-19)25(26,27)28/h6-9,12-13,16,32H,5,10-11,29H2,1-4H3/t12-,13+,16-/m0/s1. The largest absolute Gasteiger partial charge is 0.494 e. The Morgan fingerprint density at radius 1 is 1.24 bits per heavy atom. The van der Waals surface area contributed by atoms with Crippen LogP contribution in [0.2, 0.25) is 0 Å². The Labute approximate surface area is 233 Å². The number of esters is 1. The molecular formula is C25H28F3N5O7S. The van der Waals surface area contributed by atoms with Gasteiger partial charge in [-0.2, -0.15) is 13.2 Å². The monoisotopic (exact) mass is 599 g/mol. The van der Waals surface area contributed by atoms with Crippen molar-refractivity contribution in [1.29, 1.82) is 0 Å². The molecule has 3 heterocycles. The maximum atomic E-state index is 13.8. The summed E-state index contributed by atoms with van der Waals surface area (Å²) in [5, 5.41) is 0.205. The molecule has 3 atom stereocenters. The molecule has 0 aliphatic carbocycles. The molecular weight excluding hydrogens is 571 g/mol. The van der Waals surface area contributed by atoms with Gasteiger partial charge in [-0.15, -0.1) is 0 Å². The van der Waals surface area contributed by atoms with Crippen molar-refractivity contribution in [3.63, 3.8) is 0 Å². The SMILES string of the molecule is CCOC(=O)[C@@H]1C[C@@H](NS(C)(=O)=O)CN1C(=O)c1nc(-c2ccc(OC)c3nc(C(F)(F)F)ccc23)oc1[C@H](C)N. The Kier molecular flexibility index (Phi) is 8.29. The molecule has 0 bridgehead atoms. The smallest absolute Gasteiger partial charge is 0.433 e. The minimum Gasteiger partial charge on any atom is -0.494 e. The van der Waals surface area contributed by atoms with Gasteiger partial charge >= 0.3 is 12.1 Å². The number of likely N-dealkylation sites (tertiary alicyclic amines) is 1. The zero-order valence-electron chi connectivity index (χ0n) is 22.5. The van der Waals surface area contributed by atoms with Crippen LogP contribution in [0.1, 0.15) is 48.3 Å². The van der Waals surface area contributed by atoms with Crippen LogP contribution in [-0.2, 0) is 25.7 Å². The summed E-state index contributed by atoms with van der Waals surface area (Å²) in [7, 11) is -2.37. The molecule has 0 radical (unpaired) electrons. The summed E-state index contributed by atoms with van der Waals surface area (Å²) in [6, 6.07) is 2.13. The van der Waals surface area contributed by atoms with Crippen LogP contribution in [0, 0.1) is 0 Å². The molecule has 2 aromatic heterocycles. The van der Waals surface area contributed by atoms with E-state index in [-0.39, 0.29) is 59.1 Å². The van der Waals surface area contributed by atoms with E-state index in [0.717, 1.165) is 17.2 Å². The van der Waals surface area contributed by atoms with Gasteiger partial charge in [-0.1, -0.05) is 0 Å². The quantitative estimate of drug-likeness (QED) is 0.368. The van der Waals surface area contributed by atoms with Crippen molar-refractivity contribution in [3.8, 4) is 17.2 Å². The number of nitrogens with two attached hydrogens (primary N) is 1. The fourth-order valence-corrected chi connectivity index (χ4v) is 5.43. The molecule has 0 spiro atoms. The number of methoxy groups -OCH3 is 1. The lowest BCUT2D eigenvalue weighted by Crippen LogP contribution is -2.42. The van der Waals surface area contributed by atoms with Crippen molar-refractivity contribution >= 4 is 32.8 Å². The highest BCUT2D eigenvalue weighted by Crippen LogP contribution is 2.38. The van der Waals surface area contributed by atoms with Crippen LogP contribution in [0.3, 0.4) is 0 Å². The van der Waals surface area contributed by atoms with Crippen molar-refractivity contribution in [3.05, 3.63) is 41.4 Å². The number of ether oxygens (including phenoxy) is 2. The summed E-state index contributed by atoms with van der Waals surface area (Å²) in [6.45, 7) is 3.00. The Hall–Kier alpha value is -3.76. The number of halogens is 3. The predicted molar refractivity (Wildman–Crippen MR) is 139 cm³/mol. The molecule has 222 valence electrons. The Morgan fingerprint density at radius 3 is 2.54 bits per heavy atom. The zero-order chi connectivity index (χ0) is 30.3. The number of oxazole rings is 1. The molecule has 1 fully saturated rings. The van der Waals surface area contributed by atoms with Gasteiger partial charge < -0.3 is 24.5 Å². The van der Waals surface area contributed by atoms with Crippen LogP contribution in [0.15, 0.2) is 28.7 Å². The maximum Gasteiger partial charge on any atom is 0.433 e. The average Bonchev–Trinajstić information content (AvgIpc) is 3.51. The number of carbonyl (C=O) groups excluding carboxylic acids is 2. The molecule has 1 aliphatic rings. The lowest BCUT2D eigenvalue weighted by molar-refractivity contribution is -0.147. The second kappa shape index (κ2) is 11.3. The van der Waals surface area contributed by atoms with E-state index in [4.69, 9.17) is 19.6 Å². The number of aromatic nitrogens is 2. The number of hydrogen-bond acceptors (Lipinski definition) is 10. The first-order chi connectivity index (χ1) is 19.1. The molecule has 41 heavy (non-hydrogen) atoms. The fraction of sp³-hybridized carbons (Fsp3) is 0.440. The van der Waals surface area contributed by atoms with Crippen molar-refractivity contribution in [2.75, 3.05) is 26.5 Å². The van der Waals surface area contributed by atoms with Gasteiger partial charge in [0.25, 0.3) is 5.91 Å². The van der Waals surface area contributed by atoms with Crippen molar-refractivity contribution < 1.29 is 45.1 Å². The molecule has 3 N–H and O–H groups in total. The highest BCUT2D eigenvalue weighted by atomic mass is 32.2. The molecule has 3 aromatic rings. The molecule has 12 nitrogen and oxygen atoms in total. The third kappa shape index (κ3) is 6.28. The average molecular weight is 600 g/mol. The Morgan fingerprint density at radius 2 is 1.95 bits per heavy atom. The van der Waals surface area contributed by atoms with Crippen LogP contribution >= 0.6 is 0 Å². The van der Waals surface area contributed by atoms with Crippen LogP contribution < -0.4 is 15.2 Å². The van der Waals surface area contributed by atoms with E-state index in [1.54, 1.807) is 6.92 Å².